The molecule has 1 unspecified atom stereocenters. The van der Waals surface area contributed by atoms with E-state index in [0.29, 0.717) is 6.54 Å². The van der Waals surface area contributed by atoms with Gasteiger partial charge in [-0.05, 0) is 37.2 Å². The average molecular weight is 502 g/mol. The van der Waals surface area contributed by atoms with Crippen LogP contribution >= 0.6 is 0 Å². The lowest BCUT2D eigenvalue weighted by atomic mass is 9.80. The number of hydrogen-bond acceptors (Lipinski definition) is 6. The van der Waals surface area contributed by atoms with Gasteiger partial charge in [0.1, 0.15) is 0 Å². The van der Waals surface area contributed by atoms with Gasteiger partial charge in [0, 0.05) is 31.2 Å². The minimum absolute atomic E-state index is 0.0432. The highest BCUT2D eigenvalue weighted by Gasteiger charge is 2.55. The second-order valence-electron chi connectivity index (χ2n) is 10.5. The summed E-state index contributed by atoms with van der Waals surface area (Å²) in [7, 11) is 0. The zero-order valence-electron chi connectivity index (χ0n) is 20.0. The third-order valence-electron chi connectivity index (χ3n) is 8.15. The van der Waals surface area contributed by atoms with Gasteiger partial charge >= 0.3 is 5.97 Å². The number of nitrogens with zero attached hydrogens (tertiary/aromatic N) is 3. The van der Waals surface area contributed by atoms with Crippen molar-refractivity contribution in [3.8, 4) is 5.88 Å². The van der Waals surface area contributed by atoms with E-state index in [4.69, 9.17) is 4.74 Å². The monoisotopic (exact) mass is 501 g/mol. The minimum atomic E-state index is -2.98. The second-order valence-corrected chi connectivity index (χ2v) is 10.5. The van der Waals surface area contributed by atoms with Crippen LogP contribution in [0.25, 0.3) is 0 Å². The maximum Gasteiger partial charge on any atom is 0.349 e. The molecule has 1 aromatic heterocycles. The number of aliphatic hydroxyl groups is 1. The van der Waals surface area contributed by atoms with E-state index in [1.54, 1.807) is 18.2 Å². The molecule has 1 amide bonds. The maximum atomic E-state index is 14.1. The number of carbonyl (C=O) groups is 2. The smallest absolute Gasteiger partial charge is 0.349 e. The van der Waals surface area contributed by atoms with Crippen LogP contribution in [0.3, 0.4) is 0 Å². The van der Waals surface area contributed by atoms with Crippen LogP contribution < -0.4 is 10.1 Å². The third-order valence-corrected chi connectivity index (χ3v) is 8.15. The van der Waals surface area contributed by atoms with Crippen LogP contribution in [0.2, 0.25) is 0 Å². The van der Waals surface area contributed by atoms with Gasteiger partial charge in [0.2, 0.25) is 5.92 Å². The van der Waals surface area contributed by atoms with Crippen LogP contribution in [0.4, 0.5) is 14.6 Å². The predicted molar refractivity (Wildman–Crippen MR) is 126 cm³/mol. The van der Waals surface area contributed by atoms with E-state index < -0.39 is 36.3 Å². The number of anilines is 1. The summed E-state index contributed by atoms with van der Waals surface area (Å²) in [6.45, 7) is 3.20. The van der Waals surface area contributed by atoms with Crippen molar-refractivity contribution < 1.29 is 32.7 Å². The number of alkyl halides is 2. The number of rotatable bonds is 7. The van der Waals surface area contributed by atoms with E-state index in [1.165, 1.54) is 24.5 Å². The molecule has 8 nitrogen and oxygen atoms in total. The Balaban J connectivity index is 1.35. The summed E-state index contributed by atoms with van der Waals surface area (Å²) in [6, 6.07) is 7.95. The van der Waals surface area contributed by atoms with Crippen molar-refractivity contribution in [3.63, 3.8) is 0 Å². The fraction of sp³-hybridized carbons (Fsp3) is 0.538. The fourth-order valence-corrected chi connectivity index (χ4v) is 6.02. The summed E-state index contributed by atoms with van der Waals surface area (Å²) in [5.74, 6) is -4.98. The van der Waals surface area contributed by atoms with Crippen LogP contribution in [0.5, 0.6) is 5.88 Å². The molecule has 3 saturated heterocycles. The first-order chi connectivity index (χ1) is 17.2. The van der Waals surface area contributed by atoms with E-state index in [0.717, 1.165) is 49.3 Å². The Morgan fingerprint density at radius 1 is 1.08 bits per heavy atom. The van der Waals surface area contributed by atoms with Gasteiger partial charge in [-0.15, -0.1) is 0 Å². The average Bonchev–Trinajstić information content (AvgIpc) is 3.26. The lowest BCUT2D eigenvalue weighted by molar-refractivity contribution is -0.935. The number of quaternary nitrogens is 1. The number of halogens is 2. The zero-order chi connectivity index (χ0) is 25.4. The van der Waals surface area contributed by atoms with Gasteiger partial charge in [-0.2, -0.15) is 0 Å². The number of fused-ring (bicyclic) bond motifs is 3. The van der Waals surface area contributed by atoms with Crippen LogP contribution in [0.15, 0.2) is 42.7 Å². The molecule has 2 atom stereocenters. The SMILES string of the molecule is O=C(C[N+]12CCC(CC1)CC2)Nc1nccnc1OC(=O)[C@](O)(c1ccccc1)C1CCC(F)(F)C1. The molecule has 1 aromatic carbocycles. The van der Waals surface area contributed by atoms with E-state index in [1.807, 2.05) is 0 Å². The van der Waals surface area contributed by atoms with Gasteiger partial charge < -0.3 is 19.6 Å². The number of piperidine rings is 3. The fourth-order valence-electron chi connectivity index (χ4n) is 6.02. The molecular weight excluding hydrogens is 470 g/mol. The molecule has 3 aliphatic heterocycles. The van der Waals surface area contributed by atoms with E-state index in [9.17, 15) is 23.5 Å². The summed E-state index contributed by atoms with van der Waals surface area (Å²) in [6.07, 6.45) is 4.91. The number of aromatic nitrogens is 2. The Morgan fingerprint density at radius 2 is 1.75 bits per heavy atom. The van der Waals surface area contributed by atoms with Crippen molar-refractivity contribution in [1.29, 1.82) is 0 Å². The minimum Gasteiger partial charge on any atom is -0.401 e. The number of benzene rings is 1. The van der Waals surface area contributed by atoms with Crippen LogP contribution in [-0.2, 0) is 15.2 Å². The highest BCUT2D eigenvalue weighted by atomic mass is 19.3. The van der Waals surface area contributed by atoms with Crippen molar-refractivity contribution >= 4 is 17.7 Å². The van der Waals surface area contributed by atoms with Crippen molar-refractivity contribution in [2.24, 2.45) is 11.8 Å². The molecule has 36 heavy (non-hydrogen) atoms. The largest absolute Gasteiger partial charge is 0.401 e. The highest BCUT2D eigenvalue weighted by molar-refractivity contribution is 5.92. The Bertz CT molecular complexity index is 1110. The second kappa shape index (κ2) is 9.48. The van der Waals surface area contributed by atoms with Gasteiger partial charge in [0.25, 0.3) is 11.8 Å². The number of amides is 1. The topological polar surface area (TPSA) is 101 Å². The van der Waals surface area contributed by atoms with Gasteiger partial charge in [0.15, 0.2) is 18.0 Å². The summed E-state index contributed by atoms with van der Waals surface area (Å²) in [5.41, 5.74) is -2.15. The predicted octanol–water partition coefficient (Wildman–Crippen LogP) is 3.27. The number of esters is 1. The molecule has 4 aliphatic rings. The maximum absolute atomic E-state index is 14.1. The molecule has 1 saturated carbocycles. The number of ether oxygens (including phenoxy) is 1. The van der Waals surface area contributed by atoms with Gasteiger partial charge in [-0.3, -0.25) is 4.79 Å². The number of nitrogens with one attached hydrogen (secondary N) is 1. The molecular formula is C26H31F2N4O4+. The Hall–Kier alpha value is -2.98. The molecule has 192 valence electrons. The lowest BCUT2D eigenvalue weighted by Crippen LogP contribution is -2.60. The molecule has 1 aliphatic carbocycles. The number of hydrogen-bond donors (Lipinski definition) is 2. The van der Waals surface area contributed by atoms with E-state index in [-0.39, 0.29) is 29.6 Å². The lowest BCUT2D eigenvalue weighted by Gasteiger charge is -2.48. The normalized spacial score (nSPS) is 28.3. The molecule has 2 bridgehead atoms. The Morgan fingerprint density at radius 3 is 2.39 bits per heavy atom. The first-order valence-corrected chi connectivity index (χ1v) is 12.5. The zero-order valence-corrected chi connectivity index (χ0v) is 20.0. The molecule has 0 spiro atoms. The first kappa shape index (κ1) is 24.7. The Kier molecular flexibility index (Phi) is 6.50. The van der Waals surface area contributed by atoms with Gasteiger partial charge in [0.05, 0.1) is 19.6 Å². The van der Waals surface area contributed by atoms with Gasteiger partial charge in [-0.25, -0.2) is 23.5 Å². The summed E-state index contributed by atoms with van der Waals surface area (Å²) in [5, 5.41) is 14.3. The molecule has 0 radical (unpaired) electrons. The summed E-state index contributed by atoms with van der Waals surface area (Å²) in [4.78, 5) is 34.5. The van der Waals surface area contributed by atoms with Crippen molar-refractivity contribution in [3.05, 3.63) is 48.3 Å². The van der Waals surface area contributed by atoms with E-state index >= 15 is 0 Å². The molecule has 2 N–H and O–H groups in total. The number of carbonyl (C=O) groups excluding carboxylic acids is 2. The van der Waals surface area contributed by atoms with Crippen molar-refractivity contribution in [2.75, 3.05) is 31.5 Å². The third kappa shape index (κ3) is 4.84. The van der Waals surface area contributed by atoms with Crippen LogP contribution in [0, 0.1) is 11.8 Å². The van der Waals surface area contributed by atoms with Crippen LogP contribution in [-0.4, -0.2) is 63.5 Å². The quantitative estimate of drug-likeness (QED) is 0.446. The highest BCUT2D eigenvalue weighted by Crippen LogP contribution is 2.48. The molecule has 4 fully saturated rings. The van der Waals surface area contributed by atoms with Crippen molar-refractivity contribution in [2.45, 2.75) is 50.0 Å². The summed E-state index contributed by atoms with van der Waals surface area (Å²) < 4.78 is 34.3. The van der Waals surface area contributed by atoms with E-state index in [2.05, 4.69) is 15.3 Å². The molecule has 2 aromatic rings. The summed E-state index contributed by atoms with van der Waals surface area (Å²) >= 11 is 0. The molecule has 10 heteroatoms. The standard InChI is InChI=1S/C26H30F2N4O4/c27-25(28)10-6-20(16-25)26(35,19-4-2-1-3-5-19)24(34)36-23-22(29-11-12-30-23)31-21(33)17-32-13-7-18(8-14-32)9-15-32/h1-5,11-12,18,20,35H,6-10,13-17H2/p+1/t18?,20?,26-,32?/m0/s1. The van der Waals surface area contributed by atoms with Crippen molar-refractivity contribution in [1.82, 2.24) is 9.97 Å². The Labute approximate surface area is 208 Å². The molecule has 4 heterocycles. The molecule has 6 rings (SSSR count). The van der Waals surface area contributed by atoms with Crippen LogP contribution in [0.1, 0.15) is 44.1 Å². The van der Waals surface area contributed by atoms with Gasteiger partial charge in [-0.1, -0.05) is 30.3 Å². The first-order valence-electron chi connectivity index (χ1n) is 12.5.